The maximum atomic E-state index is 11.8. The number of nitrogens with zero attached hydrogens (tertiary/aromatic N) is 4. The number of benzene rings is 1. The highest BCUT2D eigenvalue weighted by Gasteiger charge is 2.45. The predicted octanol–water partition coefficient (Wildman–Crippen LogP) is 0.381. The van der Waals surface area contributed by atoms with Gasteiger partial charge in [0.2, 0.25) is 0 Å². The number of ether oxygens (including phenoxy) is 3. The van der Waals surface area contributed by atoms with Crippen LogP contribution in [-0.2, 0) is 20.8 Å². The summed E-state index contributed by atoms with van der Waals surface area (Å²) in [6.07, 6.45) is -2.80. The number of carbonyl (C=O) groups excluding carboxylic acids is 1. The lowest BCUT2D eigenvalue weighted by Crippen LogP contribution is -2.34. The number of carbonyl (C=O) groups is 1. The zero-order valence-corrected chi connectivity index (χ0v) is 15.2. The highest BCUT2D eigenvalue weighted by atomic mass is 16.7. The van der Waals surface area contributed by atoms with Gasteiger partial charge in [0.25, 0.3) is 0 Å². The Bertz CT molecular complexity index is 997. The van der Waals surface area contributed by atoms with Gasteiger partial charge in [-0.3, -0.25) is 4.57 Å². The van der Waals surface area contributed by atoms with Crippen molar-refractivity contribution in [1.82, 2.24) is 19.5 Å². The molecule has 4 rings (SSSR count). The van der Waals surface area contributed by atoms with E-state index in [1.807, 2.05) is 30.3 Å². The highest BCUT2D eigenvalue weighted by Crippen LogP contribution is 2.32. The monoisotopic (exact) mass is 401 g/mol. The van der Waals surface area contributed by atoms with Crippen molar-refractivity contribution in [2.45, 2.75) is 31.1 Å². The van der Waals surface area contributed by atoms with E-state index in [4.69, 9.17) is 19.9 Å². The molecule has 0 radical (unpaired) electrons. The number of aromatic nitrogens is 4. The Kier molecular flexibility index (Phi) is 5.25. The Morgan fingerprint density at radius 3 is 2.72 bits per heavy atom. The average molecular weight is 401 g/mol. The van der Waals surface area contributed by atoms with E-state index in [1.165, 1.54) is 17.2 Å². The van der Waals surface area contributed by atoms with Gasteiger partial charge in [-0.2, -0.15) is 0 Å². The summed E-state index contributed by atoms with van der Waals surface area (Å²) in [5, 5.41) is 20.7. The summed E-state index contributed by atoms with van der Waals surface area (Å²) in [7, 11) is 0. The second-order valence-electron chi connectivity index (χ2n) is 6.46. The topological polar surface area (TPSA) is 155 Å². The first-order valence-electron chi connectivity index (χ1n) is 8.82. The van der Waals surface area contributed by atoms with Crippen molar-refractivity contribution in [2.24, 2.45) is 0 Å². The Morgan fingerprint density at radius 1 is 1.14 bits per heavy atom. The molecular formula is C18H19N5O6. The Morgan fingerprint density at radius 2 is 1.93 bits per heavy atom. The van der Waals surface area contributed by atoms with E-state index in [-0.39, 0.29) is 19.0 Å². The van der Waals surface area contributed by atoms with Crippen LogP contribution in [0.1, 0.15) is 11.8 Å². The SMILES string of the molecule is Nc1ncnc2c1ncn2[C@@H]1O[C@H](COC(=O)OCc2ccccc2)[C@@H](O)[C@H]1O. The van der Waals surface area contributed by atoms with Crippen LogP contribution in [0.5, 0.6) is 0 Å². The smallest absolute Gasteiger partial charge is 0.431 e. The van der Waals surface area contributed by atoms with Crippen LogP contribution in [-0.4, -0.2) is 60.8 Å². The normalized spacial score (nSPS) is 23.9. The number of hydrogen-bond donors (Lipinski definition) is 3. The zero-order valence-electron chi connectivity index (χ0n) is 15.2. The number of aliphatic hydroxyl groups excluding tert-OH is 2. The van der Waals surface area contributed by atoms with Crippen LogP contribution in [0.4, 0.5) is 10.6 Å². The lowest BCUT2D eigenvalue weighted by Gasteiger charge is -2.16. The van der Waals surface area contributed by atoms with E-state index >= 15 is 0 Å². The van der Waals surface area contributed by atoms with Crippen LogP contribution in [0.2, 0.25) is 0 Å². The second kappa shape index (κ2) is 7.99. The number of rotatable bonds is 5. The van der Waals surface area contributed by atoms with Crippen molar-refractivity contribution in [3.63, 3.8) is 0 Å². The molecule has 11 heteroatoms. The molecule has 0 aliphatic carbocycles. The van der Waals surface area contributed by atoms with E-state index in [9.17, 15) is 15.0 Å². The van der Waals surface area contributed by atoms with Crippen molar-refractivity contribution in [3.05, 3.63) is 48.5 Å². The van der Waals surface area contributed by atoms with E-state index in [2.05, 4.69) is 15.0 Å². The Balaban J connectivity index is 1.37. The van der Waals surface area contributed by atoms with Gasteiger partial charge in [0, 0.05) is 0 Å². The van der Waals surface area contributed by atoms with Crippen LogP contribution in [0.3, 0.4) is 0 Å². The third-order valence-electron chi connectivity index (χ3n) is 4.56. The summed E-state index contributed by atoms with van der Waals surface area (Å²) in [6.45, 7) is -0.243. The summed E-state index contributed by atoms with van der Waals surface area (Å²) in [5.74, 6) is 0.183. The molecule has 1 saturated heterocycles. The number of hydrogen-bond acceptors (Lipinski definition) is 10. The molecule has 0 bridgehead atoms. The van der Waals surface area contributed by atoms with E-state index in [0.29, 0.717) is 11.2 Å². The minimum atomic E-state index is -1.29. The summed E-state index contributed by atoms with van der Waals surface area (Å²) in [5.41, 5.74) is 7.26. The van der Waals surface area contributed by atoms with Crippen molar-refractivity contribution in [1.29, 1.82) is 0 Å². The molecule has 0 amide bonds. The molecule has 1 fully saturated rings. The first-order chi connectivity index (χ1) is 14.0. The number of fused-ring (bicyclic) bond motifs is 1. The number of anilines is 1. The average Bonchev–Trinajstić information content (AvgIpc) is 3.28. The van der Waals surface area contributed by atoms with E-state index in [1.54, 1.807) is 0 Å². The molecule has 0 saturated carbocycles. The fourth-order valence-corrected chi connectivity index (χ4v) is 3.06. The molecule has 0 spiro atoms. The molecule has 3 aromatic rings. The highest BCUT2D eigenvalue weighted by molar-refractivity contribution is 5.81. The van der Waals surface area contributed by atoms with Gasteiger partial charge in [-0.1, -0.05) is 30.3 Å². The lowest BCUT2D eigenvalue weighted by atomic mass is 10.1. The van der Waals surface area contributed by atoms with E-state index in [0.717, 1.165) is 5.56 Å². The molecule has 152 valence electrons. The van der Waals surface area contributed by atoms with Gasteiger partial charge in [-0.25, -0.2) is 19.7 Å². The molecule has 4 atom stereocenters. The number of nitrogens with two attached hydrogens (primary N) is 1. The lowest BCUT2D eigenvalue weighted by molar-refractivity contribution is -0.0618. The third-order valence-corrected chi connectivity index (χ3v) is 4.56. The minimum absolute atomic E-state index is 0.0567. The fraction of sp³-hybridized carbons (Fsp3) is 0.333. The molecule has 1 aliphatic rings. The molecule has 1 aliphatic heterocycles. The maximum Gasteiger partial charge on any atom is 0.508 e. The van der Waals surface area contributed by atoms with Crippen molar-refractivity contribution < 1.29 is 29.2 Å². The quantitative estimate of drug-likeness (QED) is 0.511. The largest absolute Gasteiger partial charge is 0.508 e. The first-order valence-corrected chi connectivity index (χ1v) is 8.82. The first kappa shape index (κ1) is 19.1. The third kappa shape index (κ3) is 3.83. The number of nitrogen functional groups attached to an aromatic ring is 1. The summed E-state index contributed by atoms with van der Waals surface area (Å²) in [4.78, 5) is 23.8. The van der Waals surface area contributed by atoms with Crippen molar-refractivity contribution in [2.75, 3.05) is 12.3 Å². The van der Waals surface area contributed by atoms with Crippen LogP contribution < -0.4 is 5.73 Å². The molecule has 29 heavy (non-hydrogen) atoms. The second-order valence-corrected chi connectivity index (χ2v) is 6.46. The predicted molar refractivity (Wildman–Crippen MR) is 98.2 cm³/mol. The molecule has 1 aromatic carbocycles. The fourth-order valence-electron chi connectivity index (χ4n) is 3.06. The Labute approximate surface area is 164 Å². The number of aliphatic hydroxyl groups is 2. The Hall–Kier alpha value is -3.28. The molecule has 11 nitrogen and oxygen atoms in total. The molecule has 2 aromatic heterocycles. The van der Waals surface area contributed by atoms with E-state index < -0.39 is 30.7 Å². The minimum Gasteiger partial charge on any atom is -0.431 e. The van der Waals surface area contributed by atoms with Gasteiger partial charge < -0.3 is 30.2 Å². The standard InChI is InChI=1S/C18H19N5O6/c19-15-12-16(21-8-20-15)23(9-22-12)17-14(25)13(24)11(29-17)7-28-18(26)27-6-10-4-2-1-3-5-10/h1-5,8-9,11,13-14,17,24-25H,6-7H2,(H2,19,20,21)/t11-,13-,14-,17-/m1/s1. The summed E-state index contributed by atoms with van der Waals surface area (Å²) < 4.78 is 17.1. The zero-order chi connectivity index (χ0) is 20.4. The molecule has 3 heterocycles. The van der Waals surface area contributed by atoms with Gasteiger partial charge in [0.05, 0.1) is 6.33 Å². The molecule has 0 unspecified atom stereocenters. The van der Waals surface area contributed by atoms with Gasteiger partial charge in [0.15, 0.2) is 17.7 Å². The maximum absolute atomic E-state index is 11.8. The van der Waals surface area contributed by atoms with Gasteiger partial charge in [-0.15, -0.1) is 0 Å². The molecular weight excluding hydrogens is 382 g/mol. The van der Waals surface area contributed by atoms with Crippen LogP contribution in [0.25, 0.3) is 11.2 Å². The van der Waals surface area contributed by atoms with Gasteiger partial charge in [-0.05, 0) is 5.56 Å². The van der Waals surface area contributed by atoms with Crippen LogP contribution in [0.15, 0.2) is 43.0 Å². The number of imidazole rings is 1. The van der Waals surface area contributed by atoms with Crippen molar-refractivity contribution in [3.8, 4) is 0 Å². The summed E-state index contributed by atoms with van der Waals surface area (Å²) in [6, 6.07) is 9.12. The molecule has 4 N–H and O–H groups in total. The van der Waals surface area contributed by atoms with Gasteiger partial charge in [0.1, 0.15) is 43.4 Å². The van der Waals surface area contributed by atoms with Crippen LogP contribution in [0, 0.1) is 0 Å². The van der Waals surface area contributed by atoms with Crippen molar-refractivity contribution >= 4 is 23.1 Å². The van der Waals surface area contributed by atoms with Gasteiger partial charge >= 0.3 is 6.16 Å². The van der Waals surface area contributed by atoms with Crippen LogP contribution >= 0.6 is 0 Å². The summed E-state index contributed by atoms with van der Waals surface area (Å²) >= 11 is 0.